The van der Waals surface area contributed by atoms with Crippen LogP contribution in [-0.2, 0) is 4.79 Å². The van der Waals surface area contributed by atoms with E-state index in [1.807, 2.05) is 6.92 Å². The molecule has 1 rings (SSSR count). The Morgan fingerprint density at radius 3 is 2.87 bits per heavy atom. The van der Waals surface area contributed by atoms with Gasteiger partial charge in [-0.3, -0.25) is 0 Å². The van der Waals surface area contributed by atoms with Crippen molar-refractivity contribution in [3.05, 3.63) is 12.2 Å². The summed E-state index contributed by atoms with van der Waals surface area (Å²) in [5.41, 5.74) is 5.32. The average molecular weight is 228 g/mol. The second-order valence-corrected chi connectivity index (χ2v) is 3.49. The Morgan fingerprint density at radius 1 is 1.80 bits per heavy atom. The molecule has 0 saturated carbocycles. The van der Waals surface area contributed by atoms with Gasteiger partial charge in [0.1, 0.15) is 11.3 Å². The van der Waals surface area contributed by atoms with Gasteiger partial charge in [-0.05, 0) is 6.42 Å². The minimum Gasteiger partial charge on any atom is -0.480 e. The molecule has 1 aromatic heterocycles. The molecule has 7 heteroatoms. The second kappa shape index (κ2) is 4.83. The van der Waals surface area contributed by atoms with Crippen molar-refractivity contribution in [1.82, 2.24) is 14.8 Å². The van der Waals surface area contributed by atoms with Crippen LogP contribution >= 0.6 is 12.2 Å². The van der Waals surface area contributed by atoms with Crippen molar-refractivity contribution in [3.63, 3.8) is 0 Å². The van der Waals surface area contributed by atoms with Crippen molar-refractivity contribution in [2.45, 2.75) is 25.8 Å². The van der Waals surface area contributed by atoms with Crippen molar-refractivity contribution in [3.8, 4) is 0 Å². The van der Waals surface area contributed by atoms with Gasteiger partial charge in [-0.15, -0.1) is 5.10 Å². The maximum atomic E-state index is 10.9. The molecule has 0 fully saturated rings. The van der Waals surface area contributed by atoms with Crippen LogP contribution in [-0.4, -0.2) is 30.8 Å². The summed E-state index contributed by atoms with van der Waals surface area (Å²) >= 11 is 4.68. The Bertz CT molecular complexity index is 376. The van der Waals surface area contributed by atoms with Crippen LogP contribution in [0.15, 0.2) is 6.33 Å². The first kappa shape index (κ1) is 11.6. The molecule has 0 aliphatic heterocycles. The van der Waals surface area contributed by atoms with Crippen molar-refractivity contribution >= 4 is 23.2 Å². The Labute approximate surface area is 92.1 Å². The standard InChI is InChI=1S/C8H12N4O2S/c1-2-3-5(8(13)14)12-4-10-7(11-12)6(9)15/h4-5H,2-3H2,1H3,(H2,9,15)(H,13,14). The van der Waals surface area contributed by atoms with Crippen LogP contribution < -0.4 is 5.73 Å². The molecule has 15 heavy (non-hydrogen) atoms. The lowest BCUT2D eigenvalue weighted by Crippen LogP contribution is -2.20. The van der Waals surface area contributed by atoms with Gasteiger partial charge in [-0.2, -0.15) is 0 Å². The monoisotopic (exact) mass is 228 g/mol. The zero-order valence-corrected chi connectivity index (χ0v) is 9.07. The number of carboxylic acids is 1. The molecular weight excluding hydrogens is 216 g/mol. The number of hydrogen-bond donors (Lipinski definition) is 2. The molecule has 0 aromatic carbocycles. The van der Waals surface area contributed by atoms with Crippen molar-refractivity contribution in [1.29, 1.82) is 0 Å². The summed E-state index contributed by atoms with van der Waals surface area (Å²) in [6, 6.07) is -0.703. The van der Waals surface area contributed by atoms with Crippen LogP contribution in [0.4, 0.5) is 0 Å². The van der Waals surface area contributed by atoms with E-state index >= 15 is 0 Å². The highest BCUT2D eigenvalue weighted by molar-refractivity contribution is 7.80. The molecule has 0 radical (unpaired) electrons. The number of aromatic nitrogens is 3. The third kappa shape index (κ3) is 2.72. The summed E-state index contributed by atoms with van der Waals surface area (Å²) < 4.78 is 1.28. The Balaban J connectivity index is 2.91. The summed E-state index contributed by atoms with van der Waals surface area (Å²) in [6.45, 7) is 1.90. The smallest absolute Gasteiger partial charge is 0.328 e. The molecule has 1 heterocycles. The van der Waals surface area contributed by atoms with Crippen LogP contribution in [0.3, 0.4) is 0 Å². The van der Waals surface area contributed by atoms with E-state index in [0.29, 0.717) is 6.42 Å². The average Bonchev–Trinajstić information content (AvgIpc) is 2.62. The molecule has 0 bridgehead atoms. The van der Waals surface area contributed by atoms with E-state index in [2.05, 4.69) is 22.3 Å². The predicted octanol–water partition coefficient (Wildman–Crippen LogP) is 0.338. The lowest BCUT2D eigenvalue weighted by Gasteiger charge is -2.09. The normalized spacial score (nSPS) is 12.3. The highest BCUT2D eigenvalue weighted by Gasteiger charge is 2.20. The van der Waals surface area contributed by atoms with E-state index in [4.69, 9.17) is 10.8 Å². The summed E-state index contributed by atoms with van der Waals surface area (Å²) in [4.78, 5) is 14.8. The van der Waals surface area contributed by atoms with Gasteiger partial charge in [-0.1, -0.05) is 25.6 Å². The van der Waals surface area contributed by atoms with E-state index in [-0.39, 0.29) is 10.8 Å². The van der Waals surface area contributed by atoms with E-state index < -0.39 is 12.0 Å². The van der Waals surface area contributed by atoms with Gasteiger partial charge in [0.25, 0.3) is 0 Å². The first-order chi connectivity index (χ1) is 7.06. The molecular formula is C8H12N4O2S. The number of aliphatic carboxylic acids is 1. The molecule has 1 unspecified atom stereocenters. The van der Waals surface area contributed by atoms with E-state index in [9.17, 15) is 4.79 Å². The predicted molar refractivity (Wildman–Crippen MR) is 57.5 cm³/mol. The highest BCUT2D eigenvalue weighted by Crippen LogP contribution is 2.12. The molecule has 0 saturated heterocycles. The highest BCUT2D eigenvalue weighted by atomic mass is 32.1. The molecule has 6 nitrogen and oxygen atoms in total. The number of thiocarbonyl (C=S) groups is 1. The quantitative estimate of drug-likeness (QED) is 0.706. The SMILES string of the molecule is CCCC(C(=O)O)n1cnc(C(N)=S)n1. The van der Waals surface area contributed by atoms with Gasteiger partial charge in [-0.25, -0.2) is 14.5 Å². The number of carbonyl (C=O) groups is 1. The Morgan fingerprint density at radius 2 is 2.47 bits per heavy atom. The third-order valence-electron chi connectivity index (χ3n) is 1.90. The molecule has 0 amide bonds. The van der Waals surface area contributed by atoms with Crippen molar-refractivity contribution < 1.29 is 9.90 Å². The molecule has 0 aliphatic rings. The Kier molecular flexibility index (Phi) is 3.73. The minimum atomic E-state index is -0.934. The maximum absolute atomic E-state index is 10.9. The lowest BCUT2D eigenvalue weighted by atomic mass is 10.2. The fourth-order valence-electron chi connectivity index (χ4n) is 1.18. The van der Waals surface area contributed by atoms with Gasteiger partial charge >= 0.3 is 5.97 Å². The molecule has 1 atom stereocenters. The van der Waals surface area contributed by atoms with Gasteiger partial charge in [0.05, 0.1) is 0 Å². The Hall–Kier alpha value is -1.50. The van der Waals surface area contributed by atoms with E-state index in [0.717, 1.165) is 6.42 Å². The van der Waals surface area contributed by atoms with Crippen LogP contribution in [0.1, 0.15) is 31.6 Å². The number of nitrogens with zero attached hydrogens (tertiary/aromatic N) is 3. The van der Waals surface area contributed by atoms with Crippen LogP contribution in [0, 0.1) is 0 Å². The first-order valence-corrected chi connectivity index (χ1v) is 4.90. The molecule has 1 aromatic rings. The summed E-state index contributed by atoms with van der Waals surface area (Å²) in [5, 5.41) is 12.9. The largest absolute Gasteiger partial charge is 0.480 e. The molecule has 0 spiro atoms. The van der Waals surface area contributed by atoms with E-state index in [1.54, 1.807) is 0 Å². The zero-order valence-electron chi connectivity index (χ0n) is 8.25. The summed E-state index contributed by atoms with van der Waals surface area (Å²) in [7, 11) is 0. The topological polar surface area (TPSA) is 94.0 Å². The van der Waals surface area contributed by atoms with Gasteiger partial charge < -0.3 is 10.8 Å². The molecule has 3 N–H and O–H groups in total. The third-order valence-corrected chi connectivity index (χ3v) is 2.08. The number of carboxylic acid groups (broad SMARTS) is 1. The van der Waals surface area contributed by atoms with Crippen molar-refractivity contribution in [2.75, 3.05) is 0 Å². The number of rotatable bonds is 5. The summed E-state index contributed by atoms with van der Waals surface area (Å²) in [5.74, 6) is -0.733. The molecule has 82 valence electrons. The number of hydrogen-bond acceptors (Lipinski definition) is 4. The van der Waals surface area contributed by atoms with Gasteiger partial charge in [0, 0.05) is 0 Å². The maximum Gasteiger partial charge on any atom is 0.328 e. The minimum absolute atomic E-state index is 0.0642. The second-order valence-electron chi connectivity index (χ2n) is 3.06. The number of nitrogens with two attached hydrogens (primary N) is 1. The van der Waals surface area contributed by atoms with E-state index in [1.165, 1.54) is 11.0 Å². The van der Waals surface area contributed by atoms with Crippen LogP contribution in [0.25, 0.3) is 0 Å². The van der Waals surface area contributed by atoms with Crippen molar-refractivity contribution in [2.24, 2.45) is 5.73 Å². The molecule has 0 aliphatic carbocycles. The van der Waals surface area contributed by atoms with Gasteiger partial charge in [0.15, 0.2) is 6.04 Å². The lowest BCUT2D eigenvalue weighted by molar-refractivity contribution is -0.141. The fraction of sp³-hybridized carbons (Fsp3) is 0.500. The first-order valence-electron chi connectivity index (χ1n) is 4.50. The summed E-state index contributed by atoms with van der Waals surface area (Å²) in [6.07, 6.45) is 2.58. The van der Waals surface area contributed by atoms with Crippen LogP contribution in [0.2, 0.25) is 0 Å². The van der Waals surface area contributed by atoms with Crippen LogP contribution in [0.5, 0.6) is 0 Å². The zero-order chi connectivity index (χ0) is 11.4. The fourth-order valence-corrected chi connectivity index (χ4v) is 1.27. The van der Waals surface area contributed by atoms with Gasteiger partial charge in [0.2, 0.25) is 5.82 Å².